The fourth-order valence-corrected chi connectivity index (χ4v) is 3.56. The first-order valence-corrected chi connectivity index (χ1v) is 8.70. The van der Waals surface area contributed by atoms with Gasteiger partial charge in [0.05, 0.1) is 11.5 Å². The van der Waals surface area contributed by atoms with Crippen molar-refractivity contribution in [2.24, 2.45) is 5.92 Å². The Balaban J connectivity index is 1.82. The van der Waals surface area contributed by atoms with Crippen LogP contribution >= 0.6 is 0 Å². The second-order valence-corrected chi connectivity index (χ2v) is 6.79. The summed E-state index contributed by atoms with van der Waals surface area (Å²) in [6, 6.07) is 12.1. The monoisotopic (exact) mass is 340 g/mol. The van der Waals surface area contributed by atoms with Crippen LogP contribution in [0.25, 0.3) is 0 Å². The molecular weight excluding hydrogens is 316 g/mol. The molecule has 2 heterocycles. The van der Waals surface area contributed by atoms with E-state index in [1.807, 2.05) is 38.1 Å². The number of nitrogens with zero attached hydrogens (tertiary/aromatic N) is 2. The van der Waals surface area contributed by atoms with E-state index in [-0.39, 0.29) is 5.91 Å². The third-order valence-electron chi connectivity index (χ3n) is 5.05. The Labute approximate surface area is 147 Å². The summed E-state index contributed by atoms with van der Waals surface area (Å²) in [5.41, 5.74) is 3.84. The highest BCUT2D eigenvalue weighted by atomic mass is 16.4. The summed E-state index contributed by atoms with van der Waals surface area (Å²) in [7, 11) is 0. The molecule has 0 saturated carbocycles. The lowest BCUT2D eigenvalue weighted by molar-refractivity contribution is -0.143. The van der Waals surface area contributed by atoms with Crippen molar-refractivity contribution in [3.05, 3.63) is 58.9 Å². The topological polar surface area (TPSA) is 62.5 Å². The van der Waals surface area contributed by atoms with Gasteiger partial charge in [-0.3, -0.25) is 9.59 Å². The highest BCUT2D eigenvalue weighted by Crippen LogP contribution is 2.23. The van der Waals surface area contributed by atoms with Gasteiger partial charge in [-0.25, -0.2) is 0 Å². The highest BCUT2D eigenvalue weighted by Gasteiger charge is 2.30. The van der Waals surface area contributed by atoms with Crippen molar-refractivity contribution in [3.8, 4) is 0 Å². The molecule has 0 aliphatic carbocycles. The number of rotatable bonds is 4. The molecule has 5 heteroatoms. The van der Waals surface area contributed by atoms with Crippen LogP contribution in [-0.4, -0.2) is 39.5 Å². The summed E-state index contributed by atoms with van der Waals surface area (Å²) in [6.45, 7) is 5.62. The summed E-state index contributed by atoms with van der Waals surface area (Å²) in [6.07, 6.45) is 1.39. The Morgan fingerprint density at radius 3 is 2.60 bits per heavy atom. The van der Waals surface area contributed by atoms with E-state index in [4.69, 9.17) is 0 Å². The van der Waals surface area contributed by atoms with E-state index in [9.17, 15) is 14.7 Å². The summed E-state index contributed by atoms with van der Waals surface area (Å²) in [5.74, 6) is -1.32. The Hall–Kier alpha value is -2.56. The molecule has 1 amide bonds. The predicted molar refractivity (Wildman–Crippen MR) is 95.7 cm³/mol. The molecular formula is C20H24N2O3. The molecule has 3 rings (SSSR count). The minimum atomic E-state index is -0.813. The van der Waals surface area contributed by atoms with Crippen molar-refractivity contribution in [1.82, 2.24) is 9.47 Å². The molecule has 1 N–H and O–H groups in total. The van der Waals surface area contributed by atoms with Crippen LogP contribution in [0.15, 0.2) is 36.4 Å². The van der Waals surface area contributed by atoms with Gasteiger partial charge in [-0.2, -0.15) is 0 Å². The second kappa shape index (κ2) is 7.13. The van der Waals surface area contributed by atoms with E-state index in [1.165, 1.54) is 5.56 Å². The first-order valence-electron chi connectivity index (χ1n) is 8.70. The average molecular weight is 340 g/mol. The van der Waals surface area contributed by atoms with Crippen LogP contribution in [-0.2, 0) is 11.3 Å². The highest BCUT2D eigenvalue weighted by molar-refractivity contribution is 5.96. The van der Waals surface area contributed by atoms with Crippen LogP contribution in [0, 0.1) is 19.8 Å². The standard InChI is InChI=1S/C20H24N2O3/c1-14-11-18(15(2)22(14)12-16-7-4-3-5-8-16)19(23)21-10-6-9-17(13-21)20(24)25/h3-5,7-8,11,17H,6,9-10,12-13H2,1-2H3,(H,24,25)/t17-/m0/s1. The van der Waals surface area contributed by atoms with Gasteiger partial charge in [-0.15, -0.1) is 0 Å². The third-order valence-corrected chi connectivity index (χ3v) is 5.05. The first-order chi connectivity index (χ1) is 12.0. The van der Waals surface area contributed by atoms with Crippen LogP contribution in [0.3, 0.4) is 0 Å². The number of carboxylic acids is 1. The number of carbonyl (C=O) groups is 2. The predicted octanol–water partition coefficient (Wildman–Crippen LogP) is 3.09. The van der Waals surface area contributed by atoms with Gasteiger partial charge < -0.3 is 14.6 Å². The lowest BCUT2D eigenvalue weighted by Crippen LogP contribution is -2.42. The van der Waals surface area contributed by atoms with Gasteiger partial charge in [0.1, 0.15) is 0 Å². The number of aromatic nitrogens is 1. The van der Waals surface area contributed by atoms with Crippen molar-refractivity contribution >= 4 is 11.9 Å². The third kappa shape index (κ3) is 3.60. The lowest BCUT2D eigenvalue weighted by Gasteiger charge is -2.30. The van der Waals surface area contributed by atoms with Crippen LogP contribution in [0.2, 0.25) is 0 Å². The fraction of sp³-hybridized carbons (Fsp3) is 0.400. The summed E-state index contributed by atoms with van der Waals surface area (Å²) in [4.78, 5) is 25.9. The lowest BCUT2D eigenvalue weighted by atomic mass is 9.97. The largest absolute Gasteiger partial charge is 0.481 e. The number of hydrogen-bond acceptors (Lipinski definition) is 2. The summed E-state index contributed by atoms with van der Waals surface area (Å²) in [5, 5.41) is 9.23. The van der Waals surface area contributed by atoms with Crippen molar-refractivity contribution in [2.45, 2.75) is 33.2 Å². The first kappa shape index (κ1) is 17.3. The molecule has 2 aromatic rings. The zero-order valence-corrected chi connectivity index (χ0v) is 14.7. The van der Waals surface area contributed by atoms with Crippen molar-refractivity contribution < 1.29 is 14.7 Å². The molecule has 5 nitrogen and oxygen atoms in total. The van der Waals surface area contributed by atoms with E-state index in [0.717, 1.165) is 24.4 Å². The number of carbonyl (C=O) groups excluding carboxylic acids is 1. The average Bonchev–Trinajstić information content (AvgIpc) is 2.90. The van der Waals surface area contributed by atoms with Crippen molar-refractivity contribution in [3.63, 3.8) is 0 Å². The SMILES string of the molecule is Cc1cc(C(=O)N2CCC[C@H](C(=O)O)C2)c(C)n1Cc1ccccc1. The number of piperidine rings is 1. The van der Waals surface area contributed by atoms with Gasteiger partial charge in [-0.05, 0) is 38.3 Å². The Bertz CT molecular complexity index is 780. The van der Waals surface area contributed by atoms with E-state index >= 15 is 0 Å². The molecule has 1 aromatic heterocycles. The number of hydrogen-bond donors (Lipinski definition) is 1. The zero-order chi connectivity index (χ0) is 18.0. The molecule has 1 atom stereocenters. The Kier molecular flexibility index (Phi) is 4.93. The molecule has 0 spiro atoms. The molecule has 0 unspecified atom stereocenters. The van der Waals surface area contributed by atoms with Gasteiger partial charge >= 0.3 is 5.97 Å². The number of likely N-dealkylation sites (tertiary alicyclic amines) is 1. The molecule has 1 aliphatic heterocycles. The molecule has 1 aromatic carbocycles. The van der Waals surface area contributed by atoms with Crippen LogP contribution < -0.4 is 0 Å². The van der Waals surface area contributed by atoms with Gasteiger partial charge in [0, 0.05) is 31.0 Å². The van der Waals surface area contributed by atoms with Crippen LogP contribution in [0.1, 0.15) is 40.2 Å². The van der Waals surface area contributed by atoms with Crippen LogP contribution in [0.4, 0.5) is 0 Å². The minimum absolute atomic E-state index is 0.0571. The summed E-state index contributed by atoms with van der Waals surface area (Å²) < 4.78 is 2.14. The molecule has 132 valence electrons. The number of amides is 1. The molecule has 1 aliphatic rings. The maximum Gasteiger partial charge on any atom is 0.308 e. The smallest absolute Gasteiger partial charge is 0.308 e. The van der Waals surface area contributed by atoms with E-state index in [1.54, 1.807) is 4.90 Å². The normalized spacial score (nSPS) is 17.5. The van der Waals surface area contributed by atoms with E-state index in [2.05, 4.69) is 16.7 Å². The van der Waals surface area contributed by atoms with E-state index < -0.39 is 11.9 Å². The Morgan fingerprint density at radius 1 is 1.20 bits per heavy atom. The zero-order valence-electron chi connectivity index (χ0n) is 14.7. The van der Waals surface area contributed by atoms with Crippen LogP contribution in [0.5, 0.6) is 0 Å². The second-order valence-electron chi connectivity index (χ2n) is 6.79. The van der Waals surface area contributed by atoms with Gasteiger partial charge in [0.25, 0.3) is 5.91 Å². The van der Waals surface area contributed by atoms with Gasteiger partial charge in [0.2, 0.25) is 0 Å². The summed E-state index contributed by atoms with van der Waals surface area (Å²) >= 11 is 0. The van der Waals surface area contributed by atoms with E-state index in [0.29, 0.717) is 25.1 Å². The number of carboxylic acid groups (broad SMARTS) is 1. The van der Waals surface area contributed by atoms with Gasteiger partial charge in [-0.1, -0.05) is 30.3 Å². The Morgan fingerprint density at radius 2 is 1.92 bits per heavy atom. The molecule has 25 heavy (non-hydrogen) atoms. The molecule has 0 bridgehead atoms. The number of aliphatic carboxylic acids is 1. The van der Waals surface area contributed by atoms with Crippen molar-refractivity contribution in [1.29, 1.82) is 0 Å². The molecule has 1 saturated heterocycles. The molecule has 0 radical (unpaired) electrons. The fourth-order valence-electron chi connectivity index (χ4n) is 3.56. The van der Waals surface area contributed by atoms with Gasteiger partial charge in [0.15, 0.2) is 0 Å². The number of benzene rings is 1. The quantitative estimate of drug-likeness (QED) is 0.930. The minimum Gasteiger partial charge on any atom is -0.481 e. The van der Waals surface area contributed by atoms with Crippen molar-refractivity contribution in [2.75, 3.05) is 13.1 Å². The maximum atomic E-state index is 12.9. The maximum absolute atomic E-state index is 12.9. The number of aryl methyl sites for hydroxylation is 1. The molecule has 1 fully saturated rings.